The Morgan fingerprint density at radius 2 is 1.68 bits per heavy atom. The largest absolute Gasteiger partial charge is 0.356 e. The number of hydrogen-bond donors (Lipinski definition) is 2. The monoisotopic (exact) mass is 496 g/mol. The van der Waals surface area contributed by atoms with E-state index in [9.17, 15) is 9.59 Å². The second-order valence-electron chi connectivity index (χ2n) is 10.3. The molecule has 1 amide bonds. The minimum absolute atomic E-state index is 0.0341. The van der Waals surface area contributed by atoms with Gasteiger partial charge in [-0.15, -0.1) is 0 Å². The molecule has 3 aliphatic rings. The quantitative estimate of drug-likeness (QED) is 0.369. The maximum atomic E-state index is 14.4. The van der Waals surface area contributed by atoms with Crippen LogP contribution in [0.5, 0.6) is 0 Å². The van der Waals surface area contributed by atoms with Gasteiger partial charge in [0.2, 0.25) is 0 Å². The van der Waals surface area contributed by atoms with E-state index in [-0.39, 0.29) is 17.7 Å². The highest BCUT2D eigenvalue weighted by Crippen LogP contribution is 2.49. The molecule has 0 unspecified atom stereocenters. The number of ketones is 1. The van der Waals surface area contributed by atoms with E-state index in [1.807, 2.05) is 28.1 Å². The number of piperidine rings is 1. The minimum Gasteiger partial charge on any atom is -0.356 e. The number of rotatable bonds is 7. The summed E-state index contributed by atoms with van der Waals surface area (Å²) in [6.07, 6.45) is 9.38. The molecule has 1 saturated carbocycles. The lowest BCUT2D eigenvalue weighted by atomic mass is 9.88. The normalized spacial score (nSPS) is 24.7. The number of allylic oxidation sites excluding steroid dienone is 1. The van der Waals surface area contributed by atoms with E-state index in [2.05, 4.69) is 26.7 Å². The zero-order chi connectivity index (χ0) is 25.7. The van der Waals surface area contributed by atoms with Crippen LogP contribution in [0.1, 0.15) is 27.3 Å². The molecule has 0 spiro atoms. The van der Waals surface area contributed by atoms with Gasteiger partial charge < -0.3 is 19.8 Å². The van der Waals surface area contributed by atoms with Gasteiger partial charge in [0.05, 0.1) is 24.3 Å². The molecule has 6 rings (SSSR count). The Kier molecular flexibility index (Phi) is 5.46. The van der Waals surface area contributed by atoms with Crippen LogP contribution < -0.4 is 10.6 Å². The minimum atomic E-state index is -0.997. The van der Waals surface area contributed by atoms with Crippen LogP contribution in [0, 0.1) is 23.2 Å². The molecule has 1 aliphatic carbocycles. The van der Waals surface area contributed by atoms with E-state index in [1.54, 1.807) is 49.3 Å². The molecule has 188 valence electrons. The number of amides is 1. The Balaban J connectivity index is 1.41. The van der Waals surface area contributed by atoms with Crippen molar-refractivity contribution in [2.24, 2.45) is 25.9 Å². The third-order valence-electron chi connectivity index (χ3n) is 7.96. The second kappa shape index (κ2) is 8.71. The number of hydrogen-bond acceptors (Lipinski definition) is 7. The Hall–Kier alpha value is -4.23. The van der Waals surface area contributed by atoms with Crippen LogP contribution in [0.3, 0.4) is 0 Å². The lowest BCUT2D eigenvalue weighted by molar-refractivity contribution is -0.132. The van der Waals surface area contributed by atoms with Crippen molar-refractivity contribution in [3.8, 4) is 6.07 Å². The number of fused-ring (bicyclic) bond motifs is 1. The highest BCUT2D eigenvalue weighted by Gasteiger charge is 2.63. The first-order valence-corrected chi connectivity index (χ1v) is 12.4. The van der Waals surface area contributed by atoms with Gasteiger partial charge in [-0.25, -0.2) is 9.97 Å². The SMILES string of the molecule is Cn1cncc1CC1(Cc2cncn2C)N/C(=C\C(=O)c2ccc(C#N)cc2)N([C@H]2[C@@H]3CNC[C@@H]32)C1=O. The van der Waals surface area contributed by atoms with Crippen LogP contribution in [-0.4, -0.2) is 60.4 Å². The highest BCUT2D eigenvalue weighted by molar-refractivity contribution is 6.06. The van der Waals surface area contributed by atoms with Gasteiger partial charge in [-0.2, -0.15) is 5.26 Å². The number of carbonyl (C=O) groups is 2. The third-order valence-corrected chi connectivity index (χ3v) is 7.96. The second-order valence-corrected chi connectivity index (χ2v) is 10.3. The van der Waals surface area contributed by atoms with E-state index in [1.165, 1.54) is 6.08 Å². The number of nitriles is 1. The van der Waals surface area contributed by atoms with Gasteiger partial charge >= 0.3 is 0 Å². The van der Waals surface area contributed by atoms with Crippen molar-refractivity contribution in [3.05, 3.63) is 83.7 Å². The van der Waals surface area contributed by atoms with Gasteiger partial charge in [-0.3, -0.25) is 14.5 Å². The van der Waals surface area contributed by atoms with Crippen molar-refractivity contribution in [3.63, 3.8) is 0 Å². The van der Waals surface area contributed by atoms with E-state index in [4.69, 9.17) is 5.26 Å². The Morgan fingerprint density at radius 1 is 1.08 bits per heavy atom. The fourth-order valence-electron chi connectivity index (χ4n) is 5.82. The molecule has 2 aliphatic heterocycles. The highest BCUT2D eigenvalue weighted by atomic mass is 16.2. The molecule has 2 N–H and O–H groups in total. The number of aryl methyl sites for hydroxylation is 2. The van der Waals surface area contributed by atoms with Gasteiger partial charge in [0, 0.05) is 81.5 Å². The lowest BCUT2D eigenvalue weighted by Gasteiger charge is -2.28. The molecule has 2 aromatic heterocycles. The number of nitrogens with one attached hydrogen (secondary N) is 2. The summed E-state index contributed by atoms with van der Waals surface area (Å²) >= 11 is 0. The molecular weight excluding hydrogens is 468 g/mol. The van der Waals surface area contributed by atoms with E-state index < -0.39 is 5.54 Å². The average Bonchev–Trinajstić information content (AvgIpc) is 3.38. The molecule has 0 bridgehead atoms. The van der Waals surface area contributed by atoms with Crippen LogP contribution in [-0.2, 0) is 31.7 Å². The maximum Gasteiger partial charge on any atom is 0.254 e. The smallest absolute Gasteiger partial charge is 0.254 e. The topological polar surface area (TPSA) is 121 Å². The molecule has 0 radical (unpaired) electrons. The fraction of sp³-hybridized carbons (Fsp3) is 0.370. The van der Waals surface area contributed by atoms with Crippen molar-refractivity contribution in [1.29, 1.82) is 5.26 Å². The summed E-state index contributed by atoms with van der Waals surface area (Å²) in [5.41, 5.74) is 1.79. The average molecular weight is 497 g/mol. The van der Waals surface area contributed by atoms with E-state index in [0.29, 0.717) is 41.6 Å². The summed E-state index contributed by atoms with van der Waals surface area (Å²) < 4.78 is 3.84. The first-order chi connectivity index (χ1) is 17.9. The predicted molar refractivity (Wildman–Crippen MR) is 134 cm³/mol. The van der Waals surface area contributed by atoms with Crippen LogP contribution in [0.2, 0.25) is 0 Å². The zero-order valence-corrected chi connectivity index (χ0v) is 20.8. The number of benzene rings is 1. The predicted octanol–water partition coefficient (Wildman–Crippen LogP) is 0.923. The van der Waals surface area contributed by atoms with Crippen LogP contribution >= 0.6 is 0 Å². The third kappa shape index (κ3) is 3.92. The van der Waals surface area contributed by atoms with E-state index in [0.717, 1.165) is 24.5 Å². The number of imidazole rings is 2. The number of aromatic nitrogens is 4. The standard InChI is InChI=1S/C27H28N8O2/c1-33-15-30-11-19(33)8-27(9-20-12-31-16-34(20)2)26(37)35(25-21-13-29-14-22(21)25)24(32-27)7-23(36)18-5-3-17(10-28)4-6-18/h3-7,11-12,15-16,21-22,25,29,32H,8-9,13-14H2,1-2H3/b24-7+/t21-,22+,25+. The van der Waals surface area contributed by atoms with Gasteiger partial charge in [-0.05, 0) is 36.1 Å². The Labute approximate surface area is 214 Å². The molecule has 4 heterocycles. The van der Waals surface area contributed by atoms with Crippen LogP contribution in [0.15, 0.2) is 61.2 Å². The molecule has 3 atom stereocenters. The Morgan fingerprint density at radius 3 is 2.19 bits per heavy atom. The lowest BCUT2D eigenvalue weighted by Crippen LogP contribution is -2.51. The van der Waals surface area contributed by atoms with Gasteiger partial charge in [0.15, 0.2) is 5.78 Å². The molecule has 1 aromatic carbocycles. The molecule has 3 aromatic rings. The van der Waals surface area contributed by atoms with Gasteiger partial charge in [-0.1, -0.05) is 0 Å². The summed E-state index contributed by atoms with van der Waals surface area (Å²) in [7, 11) is 3.83. The molecule has 2 saturated heterocycles. The first-order valence-electron chi connectivity index (χ1n) is 12.4. The zero-order valence-electron chi connectivity index (χ0n) is 20.8. The fourth-order valence-corrected chi connectivity index (χ4v) is 5.82. The maximum absolute atomic E-state index is 14.4. The molecule has 10 nitrogen and oxygen atoms in total. The summed E-state index contributed by atoms with van der Waals surface area (Å²) in [6.45, 7) is 1.73. The molecule has 3 fully saturated rings. The summed E-state index contributed by atoms with van der Waals surface area (Å²) in [5, 5.41) is 16.0. The molecule has 37 heavy (non-hydrogen) atoms. The van der Waals surface area contributed by atoms with Crippen molar-refractivity contribution < 1.29 is 9.59 Å². The van der Waals surface area contributed by atoms with Crippen molar-refractivity contribution in [2.75, 3.05) is 13.1 Å². The van der Waals surface area contributed by atoms with E-state index >= 15 is 0 Å². The summed E-state index contributed by atoms with van der Waals surface area (Å²) in [5.74, 6) is 1.04. The summed E-state index contributed by atoms with van der Waals surface area (Å²) in [6, 6.07) is 8.68. The van der Waals surface area contributed by atoms with Crippen molar-refractivity contribution in [2.45, 2.75) is 24.4 Å². The first kappa shape index (κ1) is 23.2. The molecular formula is C27H28N8O2. The molecule has 10 heteroatoms. The van der Waals surface area contributed by atoms with Gasteiger partial charge in [0.1, 0.15) is 11.4 Å². The van der Waals surface area contributed by atoms with Crippen LogP contribution in [0.25, 0.3) is 0 Å². The van der Waals surface area contributed by atoms with Crippen molar-refractivity contribution >= 4 is 11.7 Å². The Bertz CT molecular complexity index is 1390. The number of carbonyl (C=O) groups excluding carboxylic acids is 2. The summed E-state index contributed by atoms with van der Waals surface area (Å²) in [4.78, 5) is 38.1. The number of nitrogens with zero attached hydrogens (tertiary/aromatic N) is 6. The van der Waals surface area contributed by atoms with Crippen molar-refractivity contribution in [1.82, 2.24) is 34.6 Å². The van der Waals surface area contributed by atoms with Gasteiger partial charge in [0.25, 0.3) is 5.91 Å². The van der Waals surface area contributed by atoms with Crippen LogP contribution in [0.4, 0.5) is 0 Å².